The number of aliphatic imine (C=N–C) groups is 1. The monoisotopic (exact) mass is 300 g/mol. The average molecular weight is 301 g/mol. The third-order valence-electron chi connectivity index (χ3n) is 3.23. The Morgan fingerprint density at radius 1 is 1.11 bits per heavy atom. The number of halogens is 1. The second kappa shape index (κ2) is 4.58. The number of rotatable bonds is 1. The summed E-state index contributed by atoms with van der Waals surface area (Å²) in [5, 5.41) is 0. The van der Waals surface area contributed by atoms with Gasteiger partial charge in [-0.3, -0.25) is 4.99 Å². The fourth-order valence-corrected chi connectivity index (χ4v) is 2.76. The highest BCUT2D eigenvalue weighted by atomic mass is 79.9. The number of nitrogens with zero attached hydrogens (tertiary/aromatic N) is 1. The van der Waals surface area contributed by atoms with E-state index in [1.54, 1.807) is 0 Å². The summed E-state index contributed by atoms with van der Waals surface area (Å²) in [6, 6.07) is 16.6. The molecule has 2 nitrogen and oxygen atoms in total. The zero-order valence-corrected chi connectivity index (χ0v) is 11.4. The van der Waals surface area contributed by atoms with Crippen molar-refractivity contribution in [2.45, 2.75) is 12.5 Å². The fourth-order valence-electron chi connectivity index (χ4n) is 2.35. The molecule has 1 aliphatic heterocycles. The Morgan fingerprint density at radius 2 is 1.94 bits per heavy atom. The molecule has 0 amide bonds. The minimum absolute atomic E-state index is 0.123. The quantitative estimate of drug-likeness (QED) is 0.861. The SMILES string of the molecule is NC1=NC(c2cccc(Br)c2)Cc2ccccc21. The third-order valence-corrected chi connectivity index (χ3v) is 3.73. The minimum Gasteiger partial charge on any atom is -0.383 e. The van der Waals surface area contributed by atoms with E-state index in [0.29, 0.717) is 5.84 Å². The first-order chi connectivity index (χ1) is 8.74. The van der Waals surface area contributed by atoms with Gasteiger partial charge in [0.05, 0.1) is 6.04 Å². The molecular weight excluding hydrogens is 288 g/mol. The van der Waals surface area contributed by atoms with Crippen molar-refractivity contribution in [3.63, 3.8) is 0 Å². The van der Waals surface area contributed by atoms with Crippen LogP contribution in [0.15, 0.2) is 58.0 Å². The third kappa shape index (κ3) is 2.06. The molecule has 1 heterocycles. The summed E-state index contributed by atoms with van der Waals surface area (Å²) >= 11 is 3.50. The highest BCUT2D eigenvalue weighted by molar-refractivity contribution is 9.10. The van der Waals surface area contributed by atoms with E-state index in [1.165, 1.54) is 11.1 Å². The maximum absolute atomic E-state index is 6.05. The van der Waals surface area contributed by atoms with Crippen LogP contribution in [0.3, 0.4) is 0 Å². The molecule has 0 saturated heterocycles. The van der Waals surface area contributed by atoms with Crippen LogP contribution in [0.2, 0.25) is 0 Å². The van der Waals surface area contributed by atoms with Gasteiger partial charge in [-0.25, -0.2) is 0 Å². The van der Waals surface area contributed by atoms with Crippen LogP contribution in [0, 0.1) is 0 Å². The van der Waals surface area contributed by atoms with Crippen LogP contribution >= 0.6 is 15.9 Å². The number of amidine groups is 1. The van der Waals surface area contributed by atoms with Crippen LogP contribution < -0.4 is 5.73 Å². The lowest BCUT2D eigenvalue weighted by Gasteiger charge is -2.22. The molecule has 1 unspecified atom stereocenters. The predicted molar refractivity (Wildman–Crippen MR) is 77.8 cm³/mol. The number of fused-ring (bicyclic) bond motifs is 1. The van der Waals surface area contributed by atoms with Gasteiger partial charge < -0.3 is 5.73 Å². The first-order valence-electron chi connectivity index (χ1n) is 5.91. The summed E-state index contributed by atoms with van der Waals surface area (Å²) in [7, 11) is 0. The molecule has 3 rings (SSSR count). The maximum Gasteiger partial charge on any atom is 0.126 e. The second-order valence-corrected chi connectivity index (χ2v) is 5.36. The van der Waals surface area contributed by atoms with E-state index in [0.717, 1.165) is 16.5 Å². The van der Waals surface area contributed by atoms with E-state index >= 15 is 0 Å². The molecule has 0 aromatic heterocycles. The molecule has 0 bridgehead atoms. The Kier molecular flexibility index (Phi) is 2.92. The number of hydrogen-bond acceptors (Lipinski definition) is 2. The first-order valence-corrected chi connectivity index (χ1v) is 6.70. The Balaban J connectivity index is 2.02. The Labute approximate surface area is 115 Å². The van der Waals surface area contributed by atoms with E-state index in [9.17, 15) is 0 Å². The van der Waals surface area contributed by atoms with Crippen molar-refractivity contribution in [2.75, 3.05) is 0 Å². The Hall–Kier alpha value is -1.61. The maximum atomic E-state index is 6.05. The summed E-state index contributed by atoms with van der Waals surface area (Å²) in [5.74, 6) is 0.641. The van der Waals surface area contributed by atoms with Crippen LogP contribution in [0.25, 0.3) is 0 Å². The summed E-state index contributed by atoms with van der Waals surface area (Å²) in [6.07, 6.45) is 0.910. The second-order valence-electron chi connectivity index (χ2n) is 4.45. The summed E-state index contributed by atoms with van der Waals surface area (Å²) in [5.41, 5.74) is 9.59. The zero-order valence-electron chi connectivity index (χ0n) is 9.81. The fraction of sp³-hybridized carbons (Fsp3) is 0.133. The molecule has 0 saturated carbocycles. The van der Waals surface area contributed by atoms with E-state index < -0.39 is 0 Å². The molecule has 0 aliphatic carbocycles. The van der Waals surface area contributed by atoms with Crippen LogP contribution in [0.1, 0.15) is 22.7 Å². The molecule has 2 aromatic carbocycles. The minimum atomic E-state index is 0.123. The summed E-state index contributed by atoms with van der Waals surface area (Å²) < 4.78 is 1.08. The van der Waals surface area contributed by atoms with Crippen molar-refractivity contribution in [3.8, 4) is 0 Å². The lowest BCUT2D eigenvalue weighted by atomic mass is 9.93. The molecule has 90 valence electrons. The van der Waals surface area contributed by atoms with Crippen molar-refractivity contribution >= 4 is 21.8 Å². The van der Waals surface area contributed by atoms with Crippen molar-refractivity contribution in [1.82, 2.24) is 0 Å². The van der Waals surface area contributed by atoms with Gasteiger partial charge in [0, 0.05) is 10.0 Å². The standard InChI is InChI=1S/C15H13BrN2/c16-12-6-3-5-11(8-12)14-9-10-4-1-2-7-13(10)15(17)18-14/h1-8,14H,9H2,(H2,17,18). The highest BCUT2D eigenvalue weighted by Gasteiger charge is 2.20. The Morgan fingerprint density at radius 3 is 2.78 bits per heavy atom. The van der Waals surface area contributed by atoms with Crippen molar-refractivity contribution < 1.29 is 0 Å². The van der Waals surface area contributed by atoms with Crippen molar-refractivity contribution in [1.29, 1.82) is 0 Å². The van der Waals surface area contributed by atoms with Gasteiger partial charge in [-0.1, -0.05) is 52.3 Å². The van der Waals surface area contributed by atoms with E-state index in [4.69, 9.17) is 5.73 Å². The van der Waals surface area contributed by atoms with Crippen LogP contribution in [-0.2, 0) is 6.42 Å². The van der Waals surface area contributed by atoms with Crippen LogP contribution in [0.5, 0.6) is 0 Å². The molecule has 18 heavy (non-hydrogen) atoms. The number of nitrogens with two attached hydrogens (primary N) is 1. The van der Waals surface area contributed by atoms with Gasteiger partial charge in [-0.05, 0) is 29.7 Å². The average Bonchev–Trinajstić information content (AvgIpc) is 2.39. The van der Waals surface area contributed by atoms with Gasteiger partial charge in [-0.15, -0.1) is 0 Å². The lowest BCUT2D eigenvalue weighted by molar-refractivity contribution is 0.709. The number of benzene rings is 2. The molecule has 0 spiro atoms. The molecule has 2 aromatic rings. The van der Waals surface area contributed by atoms with Gasteiger partial charge in [0.2, 0.25) is 0 Å². The molecule has 2 N–H and O–H groups in total. The van der Waals surface area contributed by atoms with Gasteiger partial charge in [0.25, 0.3) is 0 Å². The molecule has 0 fully saturated rings. The number of hydrogen-bond donors (Lipinski definition) is 1. The van der Waals surface area contributed by atoms with Crippen LogP contribution in [-0.4, -0.2) is 5.84 Å². The molecule has 1 aliphatic rings. The first kappa shape index (κ1) is 11.5. The van der Waals surface area contributed by atoms with E-state index in [1.807, 2.05) is 24.3 Å². The molecule has 1 atom stereocenters. The Bertz CT molecular complexity index is 619. The van der Waals surface area contributed by atoms with Gasteiger partial charge in [0.15, 0.2) is 0 Å². The summed E-state index contributed by atoms with van der Waals surface area (Å²) in [4.78, 5) is 4.61. The van der Waals surface area contributed by atoms with E-state index in [-0.39, 0.29) is 6.04 Å². The topological polar surface area (TPSA) is 38.4 Å². The molecular formula is C15H13BrN2. The lowest BCUT2D eigenvalue weighted by Crippen LogP contribution is -2.22. The predicted octanol–water partition coefficient (Wildman–Crippen LogP) is 3.45. The normalized spacial score (nSPS) is 18.1. The smallest absolute Gasteiger partial charge is 0.126 e. The highest BCUT2D eigenvalue weighted by Crippen LogP contribution is 2.29. The molecule has 0 radical (unpaired) electrons. The largest absolute Gasteiger partial charge is 0.383 e. The van der Waals surface area contributed by atoms with Gasteiger partial charge in [0.1, 0.15) is 5.84 Å². The van der Waals surface area contributed by atoms with Crippen molar-refractivity contribution in [3.05, 3.63) is 69.7 Å². The zero-order chi connectivity index (χ0) is 12.5. The van der Waals surface area contributed by atoms with E-state index in [2.05, 4.69) is 45.2 Å². The van der Waals surface area contributed by atoms with Crippen molar-refractivity contribution in [2.24, 2.45) is 10.7 Å². The van der Waals surface area contributed by atoms with Gasteiger partial charge in [-0.2, -0.15) is 0 Å². The van der Waals surface area contributed by atoms with Crippen LogP contribution in [0.4, 0.5) is 0 Å². The molecule has 3 heteroatoms. The summed E-state index contributed by atoms with van der Waals surface area (Å²) in [6.45, 7) is 0. The van der Waals surface area contributed by atoms with Gasteiger partial charge >= 0.3 is 0 Å².